The van der Waals surface area contributed by atoms with Crippen LogP contribution in [0.15, 0.2) is 9.85 Å². The predicted molar refractivity (Wildman–Crippen MR) is 54.5 cm³/mol. The number of halogens is 1. The summed E-state index contributed by atoms with van der Waals surface area (Å²) in [5.74, 6) is 0.207. The number of ether oxygens (including phenoxy) is 2. The lowest BCUT2D eigenvalue weighted by atomic mass is 10.4. The number of rotatable bonds is 3. The molecule has 0 saturated heterocycles. The predicted octanol–water partition coefficient (Wildman–Crippen LogP) is 2.70. The molecule has 5 heteroatoms. The molecule has 0 fully saturated rings. The van der Waals surface area contributed by atoms with E-state index in [1.54, 1.807) is 5.38 Å². The molecule has 0 N–H and O–H groups in total. The minimum atomic E-state index is -0.362. The van der Waals surface area contributed by atoms with E-state index < -0.39 is 0 Å². The second kappa shape index (κ2) is 4.62. The number of thiophene rings is 1. The summed E-state index contributed by atoms with van der Waals surface area (Å²) < 4.78 is 10.7. The van der Waals surface area contributed by atoms with E-state index >= 15 is 0 Å². The summed E-state index contributed by atoms with van der Waals surface area (Å²) in [7, 11) is 1.35. The second-order valence-corrected chi connectivity index (χ2v) is 3.90. The minimum absolute atomic E-state index is 0.362. The van der Waals surface area contributed by atoms with Crippen LogP contribution in [-0.2, 0) is 4.74 Å². The molecule has 1 rings (SSSR count). The van der Waals surface area contributed by atoms with Crippen LogP contribution < -0.4 is 4.74 Å². The molecule has 1 heterocycles. The van der Waals surface area contributed by atoms with Gasteiger partial charge in [0.05, 0.1) is 18.2 Å². The van der Waals surface area contributed by atoms with Gasteiger partial charge in [0.25, 0.3) is 0 Å². The molecule has 0 aromatic carbocycles. The Kier molecular flexibility index (Phi) is 3.74. The van der Waals surface area contributed by atoms with Gasteiger partial charge in [-0.2, -0.15) is 0 Å². The van der Waals surface area contributed by atoms with Crippen molar-refractivity contribution < 1.29 is 14.3 Å². The lowest BCUT2D eigenvalue weighted by Gasteiger charge is -2.03. The van der Waals surface area contributed by atoms with Gasteiger partial charge < -0.3 is 9.47 Å². The first-order valence-electron chi connectivity index (χ1n) is 3.68. The standard InChI is InChI=1S/C8H9BrO3S/c1-3-12-6-5(9)4-13-7(6)8(10)11-2/h4H,3H2,1-2H3. The highest BCUT2D eigenvalue weighted by molar-refractivity contribution is 9.10. The molecule has 0 bridgehead atoms. The van der Waals surface area contributed by atoms with Gasteiger partial charge in [0.1, 0.15) is 0 Å². The molecular formula is C8H9BrO3S. The van der Waals surface area contributed by atoms with Gasteiger partial charge in [-0.05, 0) is 22.9 Å². The van der Waals surface area contributed by atoms with E-state index in [0.29, 0.717) is 17.2 Å². The molecule has 0 atom stereocenters. The summed E-state index contributed by atoms with van der Waals surface area (Å²) in [4.78, 5) is 11.7. The highest BCUT2D eigenvalue weighted by Gasteiger charge is 2.18. The average molecular weight is 265 g/mol. The molecule has 0 radical (unpaired) electrons. The summed E-state index contributed by atoms with van der Waals surface area (Å²) in [6.07, 6.45) is 0. The first-order chi connectivity index (χ1) is 6.20. The van der Waals surface area contributed by atoms with Crippen LogP contribution >= 0.6 is 27.3 Å². The molecule has 0 aliphatic rings. The molecular weight excluding hydrogens is 256 g/mol. The Morgan fingerprint density at radius 2 is 2.38 bits per heavy atom. The minimum Gasteiger partial charge on any atom is -0.491 e. The van der Waals surface area contributed by atoms with Crippen LogP contribution in [-0.4, -0.2) is 19.7 Å². The third-order valence-corrected chi connectivity index (χ3v) is 3.20. The topological polar surface area (TPSA) is 35.5 Å². The molecule has 0 aliphatic heterocycles. The molecule has 72 valence electrons. The van der Waals surface area contributed by atoms with Crippen LogP contribution in [0.25, 0.3) is 0 Å². The van der Waals surface area contributed by atoms with Gasteiger partial charge in [-0.15, -0.1) is 11.3 Å². The zero-order valence-corrected chi connectivity index (χ0v) is 9.70. The lowest BCUT2D eigenvalue weighted by Crippen LogP contribution is -2.02. The van der Waals surface area contributed by atoms with Gasteiger partial charge in [-0.1, -0.05) is 0 Å². The number of hydrogen-bond donors (Lipinski definition) is 0. The van der Waals surface area contributed by atoms with Crippen molar-refractivity contribution in [3.05, 3.63) is 14.7 Å². The Morgan fingerprint density at radius 1 is 1.69 bits per heavy atom. The van der Waals surface area contributed by atoms with Crippen molar-refractivity contribution in [2.75, 3.05) is 13.7 Å². The van der Waals surface area contributed by atoms with E-state index in [1.807, 2.05) is 6.92 Å². The fraction of sp³-hybridized carbons (Fsp3) is 0.375. The third-order valence-electron chi connectivity index (χ3n) is 1.36. The fourth-order valence-corrected chi connectivity index (χ4v) is 2.35. The zero-order chi connectivity index (χ0) is 9.84. The van der Waals surface area contributed by atoms with Crippen LogP contribution in [0.4, 0.5) is 0 Å². The van der Waals surface area contributed by atoms with Crippen molar-refractivity contribution in [2.45, 2.75) is 6.92 Å². The van der Waals surface area contributed by atoms with E-state index in [-0.39, 0.29) is 5.97 Å². The highest BCUT2D eigenvalue weighted by atomic mass is 79.9. The van der Waals surface area contributed by atoms with Crippen LogP contribution in [0.1, 0.15) is 16.6 Å². The van der Waals surface area contributed by atoms with Crippen molar-refractivity contribution in [3.8, 4) is 5.75 Å². The molecule has 0 spiro atoms. The normalized spacial score (nSPS) is 9.77. The number of carbonyl (C=O) groups is 1. The van der Waals surface area contributed by atoms with Gasteiger partial charge >= 0.3 is 5.97 Å². The van der Waals surface area contributed by atoms with Crippen molar-refractivity contribution in [2.24, 2.45) is 0 Å². The fourth-order valence-electron chi connectivity index (χ4n) is 0.838. The Bertz CT molecular complexity index is 308. The monoisotopic (exact) mass is 264 g/mol. The van der Waals surface area contributed by atoms with Crippen molar-refractivity contribution in [3.63, 3.8) is 0 Å². The Labute approximate surface area is 88.8 Å². The SMILES string of the molecule is CCOc1c(Br)csc1C(=O)OC. The number of carbonyl (C=O) groups excluding carboxylic acids is 1. The number of methoxy groups -OCH3 is 1. The van der Waals surface area contributed by atoms with Gasteiger partial charge in [0, 0.05) is 5.38 Å². The number of esters is 1. The Morgan fingerprint density at radius 3 is 2.92 bits per heavy atom. The van der Waals surface area contributed by atoms with Gasteiger partial charge in [-0.3, -0.25) is 0 Å². The Hall–Kier alpha value is -0.550. The van der Waals surface area contributed by atoms with E-state index in [0.717, 1.165) is 4.47 Å². The maximum atomic E-state index is 11.2. The van der Waals surface area contributed by atoms with Crippen molar-refractivity contribution >= 4 is 33.2 Å². The summed E-state index contributed by atoms with van der Waals surface area (Å²) >= 11 is 4.60. The lowest BCUT2D eigenvalue weighted by molar-refractivity contribution is 0.0602. The zero-order valence-electron chi connectivity index (χ0n) is 7.30. The molecule has 3 nitrogen and oxygen atoms in total. The average Bonchev–Trinajstić information content (AvgIpc) is 2.48. The molecule has 1 aromatic heterocycles. The van der Waals surface area contributed by atoms with Gasteiger partial charge in [0.15, 0.2) is 10.6 Å². The first-order valence-corrected chi connectivity index (χ1v) is 5.36. The third kappa shape index (κ3) is 2.22. The van der Waals surface area contributed by atoms with Crippen LogP contribution in [0.5, 0.6) is 5.75 Å². The Balaban J connectivity index is 2.99. The van der Waals surface area contributed by atoms with Crippen LogP contribution in [0.2, 0.25) is 0 Å². The van der Waals surface area contributed by atoms with Crippen LogP contribution in [0, 0.1) is 0 Å². The molecule has 13 heavy (non-hydrogen) atoms. The molecule has 0 aliphatic carbocycles. The largest absolute Gasteiger partial charge is 0.491 e. The second-order valence-electron chi connectivity index (χ2n) is 2.17. The highest BCUT2D eigenvalue weighted by Crippen LogP contribution is 2.35. The van der Waals surface area contributed by atoms with Gasteiger partial charge in [-0.25, -0.2) is 4.79 Å². The van der Waals surface area contributed by atoms with E-state index in [9.17, 15) is 4.79 Å². The van der Waals surface area contributed by atoms with E-state index in [2.05, 4.69) is 20.7 Å². The van der Waals surface area contributed by atoms with E-state index in [1.165, 1.54) is 18.4 Å². The molecule has 0 amide bonds. The summed E-state index contributed by atoms with van der Waals surface area (Å²) in [6.45, 7) is 2.39. The maximum Gasteiger partial charge on any atom is 0.351 e. The quantitative estimate of drug-likeness (QED) is 0.788. The van der Waals surface area contributed by atoms with E-state index in [4.69, 9.17) is 4.74 Å². The van der Waals surface area contributed by atoms with Gasteiger partial charge in [0.2, 0.25) is 0 Å². The molecule has 0 saturated carbocycles. The summed E-state index contributed by atoms with van der Waals surface area (Å²) in [5, 5.41) is 1.80. The van der Waals surface area contributed by atoms with Crippen molar-refractivity contribution in [1.82, 2.24) is 0 Å². The maximum absolute atomic E-state index is 11.2. The number of hydrogen-bond acceptors (Lipinski definition) is 4. The smallest absolute Gasteiger partial charge is 0.351 e. The molecule has 0 unspecified atom stereocenters. The summed E-state index contributed by atoms with van der Waals surface area (Å²) in [5.41, 5.74) is 0. The summed E-state index contributed by atoms with van der Waals surface area (Å²) in [6, 6.07) is 0. The first kappa shape index (κ1) is 10.5. The van der Waals surface area contributed by atoms with Crippen LogP contribution in [0.3, 0.4) is 0 Å². The molecule has 1 aromatic rings. The van der Waals surface area contributed by atoms with Crippen molar-refractivity contribution in [1.29, 1.82) is 0 Å².